The third-order valence-corrected chi connectivity index (χ3v) is 4.38. The standard InChI is InChI=1S/C23H20N2O2/c1-16-13-23(25-22-14-19(26)9-12-21(16)22)24-18-7-10-20(11-8-18)27-15-17-5-3-2-4-6-17/h2-14,26H,15H2,1H3,(H,24,25). The largest absolute Gasteiger partial charge is 0.508 e. The third kappa shape index (κ3) is 4.01. The van der Waals surface area contributed by atoms with Gasteiger partial charge in [-0.3, -0.25) is 0 Å². The number of rotatable bonds is 5. The molecule has 27 heavy (non-hydrogen) atoms. The molecular weight excluding hydrogens is 336 g/mol. The van der Waals surface area contributed by atoms with Gasteiger partial charge in [-0.2, -0.15) is 0 Å². The Kier molecular flexibility index (Phi) is 4.62. The van der Waals surface area contributed by atoms with E-state index in [2.05, 4.69) is 10.3 Å². The summed E-state index contributed by atoms with van der Waals surface area (Å²) in [5.41, 5.74) is 3.93. The summed E-state index contributed by atoms with van der Waals surface area (Å²) in [6, 6.07) is 25.1. The Labute approximate surface area is 158 Å². The summed E-state index contributed by atoms with van der Waals surface area (Å²) in [6.45, 7) is 2.58. The number of aromatic hydroxyl groups is 1. The summed E-state index contributed by atoms with van der Waals surface area (Å²) >= 11 is 0. The molecule has 0 atom stereocenters. The zero-order valence-corrected chi connectivity index (χ0v) is 15.0. The van der Waals surface area contributed by atoms with Crippen molar-refractivity contribution in [2.45, 2.75) is 13.5 Å². The Morgan fingerprint density at radius 2 is 1.70 bits per heavy atom. The van der Waals surface area contributed by atoms with Gasteiger partial charge in [0.2, 0.25) is 0 Å². The highest BCUT2D eigenvalue weighted by molar-refractivity contribution is 5.85. The number of hydrogen-bond donors (Lipinski definition) is 2. The van der Waals surface area contributed by atoms with Gasteiger partial charge in [0.25, 0.3) is 0 Å². The van der Waals surface area contributed by atoms with Crippen LogP contribution in [0.4, 0.5) is 11.5 Å². The van der Waals surface area contributed by atoms with E-state index in [1.54, 1.807) is 12.1 Å². The fourth-order valence-corrected chi connectivity index (χ4v) is 2.98. The number of phenols is 1. The summed E-state index contributed by atoms with van der Waals surface area (Å²) in [7, 11) is 0. The first-order valence-corrected chi connectivity index (χ1v) is 8.81. The van der Waals surface area contributed by atoms with Crippen LogP contribution >= 0.6 is 0 Å². The van der Waals surface area contributed by atoms with Crippen molar-refractivity contribution in [2.24, 2.45) is 0 Å². The molecule has 0 unspecified atom stereocenters. The fourth-order valence-electron chi connectivity index (χ4n) is 2.98. The van der Waals surface area contributed by atoms with Crippen LogP contribution in [0.3, 0.4) is 0 Å². The van der Waals surface area contributed by atoms with Gasteiger partial charge in [0, 0.05) is 17.1 Å². The van der Waals surface area contributed by atoms with Crippen LogP contribution in [0.25, 0.3) is 10.9 Å². The van der Waals surface area contributed by atoms with Crippen molar-refractivity contribution < 1.29 is 9.84 Å². The molecule has 1 aromatic heterocycles. The maximum Gasteiger partial charge on any atom is 0.131 e. The van der Waals surface area contributed by atoms with Gasteiger partial charge >= 0.3 is 0 Å². The van der Waals surface area contributed by atoms with Gasteiger partial charge in [-0.15, -0.1) is 0 Å². The number of pyridine rings is 1. The summed E-state index contributed by atoms with van der Waals surface area (Å²) in [5.74, 6) is 1.77. The van der Waals surface area contributed by atoms with Crippen LogP contribution in [0.1, 0.15) is 11.1 Å². The second kappa shape index (κ2) is 7.38. The average Bonchev–Trinajstić information content (AvgIpc) is 2.68. The number of nitrogens with zero attached hydrogens (tertiary/aromatic N) is 1. The van der Waals surface area contributed by atoms with Crippen LogP contribution in [0.5, 0.6) is 11.5 Å². The first kappa shape index (κ1) is 16.9. The predicted molar refractivity (Wildman–Crippen MR) is 109 cm³/mol. The maximum absolute atomic E-state index is 9.69. The van der Waals surface area contributed by atoms with Gasteiger partial charge in [0.1, 0.15) is 23.9 Å². The van der Waals surface area contributed by atoms with E-state index >= 15 is 0 Å². The van der Waals surface area contributed by atoms with E-state index in [1.807, 2.05) is 73.7 Å². The molecule has 4 aromatic rings. The van der Waals surface area contributed by atoms with Crippen molar-refractivity contribution >= 4 is 22.4 Å². The van der Waals surface area contributed by atoms with E-state index in [9.17, 15) is 5.11 Å². The van der Waals surface area contributed by atoms with E-state index in [1.165, 1.54) is 0 Å². The molecule has 2 N–H and O–H groups in total. The zero-order valence-electron chi connectivity index (χ0n) is 15.0. The minimum atomic E-state index is 0.214. The van der Waals surface area contributed by atoms with Gasteiger partial charge in [0.15, 0.2) is 0 Å². The maximum atomic E-state index is 9.69. The molecular formula is C23H20N2O2. The van der Waals surface area contributed by atoms with Gasteiger partial charge in [-0.05, 0) is 60.5 Å². The van der Waals surface area contributed by atoms with E-state index < -0.39 is 0 Å². The second-order valence-electron chi connectivity index (χ2n) is 6.45. The molecule has 1 heterocycles. The molecule has 0 saturated heterocycles. The van der Waals surface area contributed by atoms with Gasteiger partial charge in [0.05, 0.1) is 5.52 Å². The Bertz CT molecular complexity index is 1060. The minimum absolute atomic E-state index is 0.214. The number of hydrogen-bond acceptors (Lipinski definition) is 4. The Morgan fingerprint density at radius 3 is 2.48 bits per heavy atom. The summed E-state index contributed by atoms with van der Waals surface area (Å²) in [5, 5.41) is 14.0. The fraction of sp³-hybridized carbons (Fsp3) is 0.0870. The topological polar surface area (TPSA) is 54.4 Å². The van der Waals surface area contributed by atoms with Gasteiger partial charge in [-0.1, -0.05) is 30.3 Å². The highest BCUT2D eigenvalue weighted by Gasteiger charge is 2.05. The summed E-state index contributed by atoms with van der Waals surface area (Å²) < 4.78 is 5.82. The minimum Gasteiger partial charge on any atom is -0.508 e. The molecule has 4 heteroatoms. The number of benzene rings is 3. The Morgan fingerprint density at radius 1 is 0.926 bits per heavy atom. The molecule has 0 fully saturated rings. The number of phenolic OH excluding ortho intramolecular Hbond substituents is 1. The van der Waals surface area contributed by atoms with Crippen molar-refractivity contribution in [3.63, 3.8) is 0 Å². The van der Waals surface area contributed by atoms with Crippen molar-refractivity contribution in [3.8, 4) is 11.5 Å². The third-order valence-electron chi connectivity index (χ3n) is 4.38. The van der Waals surface area contributed by atoms with Gasteiger partial charge < -0.3 is 15.2 Å². The number of fused-ring (bicyclic) bond motifs is 1. The van der Waals surface area contributed by atoms with Crippen LogP contribution in [-0.4, -0.2) is 10.1 Å². The monoisotopic (exact) mass is 356 g/mol. The van der Waals surface area contributed by atoms with Crippen LogP contribution in [0, 0.1) is 6.92 Å². The molecule has 0 aliphatic rings. The first-order valence-electron chi connectivity index (χ1n) is 8.81. The van der Waals surface area contributed by atoms with Crippen molar-refractivity contribution in [1.29, 1.82) is 0 Å². The van der Waals surface area contributed by atoms with E-state index in [0.29, 0.717) is 6.61 Å². The molecule has 0 spiro atoms. The lowest BCUT2D eigenvalue weighted by Gasteiger charge is -2.11. The number of aryl methyl sites for hydroxylation is 1. The molecule has 0 aliphatic heterocycles. The Hall–Kier alpha value is -3.53. The van der Waals surface area contributed by atoms with Crippen LogP contribution in [0.15, 0.2) is 78.9 Å². The van der Waals surface area contributed by atoms with Gasteiger partial charge in [-0.25, -0.2) is 4.98 Å². The number of anilines is 2. The van der Waals surface area contributed by atoms with E-state index in [4.69, 9.17) is 4.74 Å². The first-order chi connectivity index (χ1) is 13.2. The van der Waals surface area contributed by atoms with E-state index in [-0.39, 0.29) is 5.75 Å². The molecule has 0 radical (unpaired) electrons. The molecule has 0 bridgehead atoms. The van der Waals surface area contributed by atoms with Crippen LogP contribution in [0.2, 0.25) is 0 Å². The molecule has 0 saturated carbocycles. The highest BCUT2D eigenvalue weighted by Crippen LogP contribution is 2.26. The van der Waals surface area contributed by atoms with Crippen molar-refractivity contribution in [3.05, 3.63) is 90.0 Å². The zero-order chi connectivity index (χ0) is 18.6. The number of aromatic nitrogens is 1. The lowest BCUT2D eigenvalue weighted by Crippen LogP contribution is -1.97. The smallest absolute Gasteiger partial charge is 0.131 e. The molecule has 4 rings (SSSR count). The quantitative estimate of drug-likeness (QED) is 0.491. The molecule has 134 valence electrons. The summed E-state index contributed by atoms with van der Waals surface area (Å²) in [4.78, 5) is 4.59. The van der Waals surface area contributed by atoms with E-state index in [0.717, 1.165) is 39.3 Å². The van der Waals surface area contributed by atoms with Crippen LogP contribution in [-0.2, 0) is 6.61 Å². The van der Waals surface area contributed by atoms with Crippen LogP contribution < -0.4 is 10.1 Å². The lowest BCUT2D eigenvalue weighted by molar-refractivity contribution is 0.306. The molecule has 3 aromatic carbocycles. The molecule has 0 amide bonds. The van der Waals surface area contributed by atoms with Crippen molar-refractivity contribution in [1.82, 2.24) is 4.98 Å². The lowest BCUT2D eigenvalue weighted by atomic mass is 10.1. The summed E-state index contributed by atoms with van der Waals surface area (Å²) in [6.07, 6.45) is 0. The molecule has 4 nitrogen and oxygen atoms in total. The predicted octanol–water partition coefficient (Wildman–Crippen LogP) is 5.57. The average molecular weight is 356 g/mol. The van der Waals surface area contributed by atoms with Crippen molar-refractivity contribution in [2.75, 3.05) is 5.32 Å². The number of ether oxygens (including phenoxy) is 1. The SMILES string of the molecule is Cc1cc(Nc2ccc(OCc3ccccc3)cc2)nc2cc(O)ccc12. The highest BCUT2D eigenvalue weighted by atomic mass is 16.5. The normalized spacial score (nSPS) is 10.7. The second-order valence-corrected chi connectivity index (χ2v) is 6.45. The Balaban J connectivity index is 1.47. The molecule has 0 aliphatic carbocycles. The number of nitrogens with one attached hydrogen (secondary N) is 1.